The highest BCUT2D eigenvalue weighted by molar-refractivity contribution is 5.97. The Balaban J connectivity index is 1.93. The molecule has 6 nitrogen and oxygen atoms in total. The topological polar surface area (TPSA) is 93.2 Å². The molecule has 31 heavy (non-hydrogen) atoms. The standard InChI is InChI=1S/C25H26N4O2/c1-2-29-22-17-18(23(30)27-16-15-26)13-14-21(22)28-24(29)25(31,19-9-5-3-6-10-19)20-11-7-4-8-12-20/h3-14,17,31H,2,15-16,26H2,1H3,(H,27,30). The van der Waals surface area contributed by atoms with E-state index in [-0.39, 0.29) is 5.91 Å². The molecule has 1 heterocycles. The Morgan fingerprint density at radius 2 is 1.65 bits per heavy atom. The molecule has 0 aliphatic rings. The van der Waals surface area contributed by atoms with Gasteiger partial charge in [0.1, 0.15) is 0 Å². The van der Waals surface area contributed by atoms with Gasteiger partial charge in [-0.15, -0.1) is 0 Å². The summed E-state index contributed by atoms with van der Waals surface area (Å²) in [4.78, 5) is 17.3. The van der Waals surface area contributed by atoms with E-state index in [0.29, 0.717) is 31.0 Å². The van der Waals surface area contributed by atoms with Gasteiger partial charge in [0.25, 0.3) is 5.91 Å². The van der Waals surface area contributed by atoms with Gasteiger partial charge in [0.15, 0.2) is 11.4 Å². The van der Waals surface area contributed by atoms with E-state index in [1.54, 1.807) is 6.07 Å². The second kappa shape index (κ2) is 8.71. The van der Waals surface area contributed by atoms with Crippen molar-refractivity contribution in [2.24, 2.45) is 5.73 Å². The second-order valence-corrected chi connectivity index (χ2v) is 7.37. The smallest absolute Gasteiger partial charge is 0.251 e. The summed E-state index contributed by atoms with van der Waals surface area (Å²) in [6.45, 7) is 3.38. The average molecular weight is 415 g/mol. The van der Waals surface area contributed by atoms with E-state index >= 15 is 0 Å². The zero-order valence-electron chi connectivity index (χ0n) is 17.5. The van der Waals surface area contributed by atoms with Gasteiger partial charge in [0.2, 0.25) is 0 Å². The summed E-state index contributed by atoms with van der Waals surface area (Å²) in [6.07, 6.45) is 0. The number of aromatic nitrogens is 2. The molecule has 4 aromatic rings. The van der Waals surface area contributed by atoms with Crippen molar-refractivity contribution >= 4 is 16.9 Å². The first-order valence-electron chi connectivity index (χ1n) is 10.4. The second-order valence-electron chi connectivity index (χ2n) is 7.37. The van der Waals surface area contributed by atoms with Crippen LogP contribution in [0.1, 0.15) is 34.2 Å². The number of rotatable bonds is 7. The van der Waals surface area contributed by atoms with Crippen LogP contribution in [-0.4, -0.2) is 33.7 Å². The number of carbonyl (C=O) groups excluding carboxylic acids is 1. The van der Waals surface area contributed by atoms with Crippen LogP contribution in [0.3, 0.4) is 0 Å². The Morgan fingerprint density at radius 1 is 1.03 bits per heavy atom. The summed E-state index contributed by atoms with van der Waals surface area (Å²) in [7, 11) is 0. The molecule has 0 fully saturated rings. The minimum absolute atomic E-state index is 0.181. The van der Waals surface area contributed by atoms with Crippen molar-refractivity contribution in [2.75, 3.05) is 13.1 Å². The maximum atomic E-state index is 12.4. The molecule has 0 radical (unpaired) electrons. The molecule has 0 saturated heterocycles. The van der Waals surface area contributed by atoms with Crippen LogP contribution < -0.4 is 11.1 Å². The van der Waals surface area contributed by atoms with Gasteiger partial charge in [0, 0.05) is 25.2 Å². The maximum Gasteiger partial charge on any atom is 0.251 e. The summed E-state index contributed by atoms with van der Waals surface area (Å²) in [5.74, 6) is 0.334. The number of imidazole rings is 1. The number of carbonyl (C=O) groups is 1. The van der Waals surface area contributed by atoms with Gasteiger partial charge in [-0.3, -0.25) is 4.79 Å². The minimum Gasteiger partial charge on any atom is -0.373 e. The summed E-state index contributed by atoms with van der Waals surface area (Å²) < 4.78 is 1.97. The van der Waals surface area contributed by atoms with E-state index in [1.807, 2.05) is 84.3 Å². The maximum absolute atomic E-state index is 12.4. The van der Waals surface area contributed by atoms with Gasteiger partial charge in [0.05, 0.1) is 11.0 Å². The number of benzene rings is 3. The van der Waals surface area contributed by atoms with E-state index in [4.69, 9.17) is 10.7 Å². The Morgan fingerprint density at radius 3 is 2.19 bits per heavy atom. The first kappa shape index (κ1) is 20.8. The number of hydrogen-bond donors (Lipinski definition) is 3. The van der Waals surface area contributed by atoms with Crippen LogP contribution in [0.15, 0.2) is 78.9 Å². The normalized spacial score (nSPS) is 11.6. The molecule has 4 rings (SSSR count). The van der Waals surface area contributed by atoms with Crippen LogP contribution in [0.2, 0.25) is 0 Å². The third-order valence-corrected chi connectivity index (χ3v) is 5.46. The van der Waals surface area contributed by atoms with Gasteiger partial charge in [-0.05, 0) is 36.2 Å². The van der Waals surface area contributed by atoms with Crippen LogP contribution in [0.25, 0.3) is 11.0 Å². The summed E-state index contributed by atoms with van der Waals surface area (Å²) in [6, 6.07) is 24.4. The monoisotopic (exact) mass is 414 g/mol. The summed E-state index contributed by atoms with van der Waals surface area (Å²) in [5, 5.41) is 15.0. The van der Waals surface area contributed by atoms with Crippen molar-refractivity contribution < 1.29 is 9.90 Å². The van der Waals surface area contributed by atoms with E-state index in [2.05, 4.69) is 5.32 Å². The van der Waals surface area contributed by atoms with E-state index in [0.717, 1.165) is 22.2 Å². The minimum atomic E-state index is -1.44. The van der Waals surface area contributed by atoms with Gasteiger partial charge < -0.3 is 20.7 Å². The molecular weight excluding hydrogens is 388 g/mol. The lowest BCUT2D eigenvalue weighted by Gasteiger charge is -2.29. The van der Waals surface area contributed by atoms with Crippen molar-refractivity contribution in [3.8, 4) is 0 Å². The third-order valence-electron chi connectivity index (χ3n) is 5.46. The lowest BCUT2D eigenvalue weighted by atomic mass is 9.85. The molecule has 1 aromatic heterocycles. The SMILES string of the molecule is CCn1c(C(O)(c2ccccc2)c2ccccc2)nc2ccc(C(=O)NCCN)cc21. The van der Waals surface area contributed by atoms with Gasteiger partial charge in [-0.2, -0.15) is 0 Å². The molecule has 0 unspecified atom stereocenters. The fourth-order valence-electron chi connectivity index (χ4n) is 3.93. The molecule has 158 valence electrons. The van der Waals surface area contributed by atoms with Gasteiger partial charge in [-0.1, -0.05) is 60.7 Å². The van der Waals surface area contributed by atoms with Crippen molar-refractivity contribution in [2.45, 2.75) is 19.1 Å². The zero-order chi connectivity index (χ0) is 21.8. The lowest BCUT2D eigenvalue weighted by molar-refractivity contribution is 0.0955. The van der Waals surface area contributed by atoms with Crippen LogP contribution in [-0.2, 0) is 12.1 Å². The summed E-state index contributed by atoms with van der Waals surface area (Å²) in [5.41, 5.74) is 7.56. The Kier molecular flexibility index (Phi) is 5.84. The fourth-order valence-corrected chi connectivity index (χ4v) is 3.93. The first-order chi connectivity index (χ1) is 15.1. The molecule has 0 aliphatic carbocycles. The third kappa shape index (κ3) is 3.71. The van der Waals surface area contributed by atoms with E-state index in [1.165, 1.54) is 0 Å². The zero-order valence-corrected chi connectivity index (χ0v) is 17.5. The Bertz CT molecular complexity index is 1150. The molecule has 3 aromatic carbocycles. The number of fused-ring (bicyclic) bond motifs is 1. The molecule has 1 amide bonds. The molecule has 0 aliphatic heterocycles. The van der Waals surface area contributed by atoms with Crippen molar-refractivity contribution in [3.63, 3.8) is 0 Å². The number of nitrogens with two attached hydrogens (primary N) is 1. The van der Waals surface area contributed by atoms with Crippen molar-refractivity contribution in [1.29, 1.82) is 0 Å². The molecule has 4 N–H and O–H groups in total. The van der Waals surface area contributed by atoms with Gasteiger partial charge >= 0.3 is 0 Å². The molecule has 0 spiro atoms. The lowest BCUT2D eigenvalue weighted by Crippen LogP contribution is -2.32. The number of nitrogens with zero attached hydrogens (tertiary/aromatic N) is 2. The largest absolute Gasteiger partial charge is 0.373 e. The van der Waals surface area contributed by atoms with E-state index < -0.39 is 5.60 Å². The van der Waals surface area contributed by atoms with Crippen molar-refractivity contribution in [3.05, 3.63) is 101 Å². The average Bonchev–Trinajstić information content (AvgIpc) is 3.21. The molecule has 0 bridgehead atoms. The first-order valence-corrected chi connectivity index (χ1v) is 10.4. The highest BCUT2D eigenvalue weighted by Crippen LogP contribution is 2.37. The Labute approximate surface area is 181 Å². The van der Waals surface area contributed by atoms with Crippen LogP contribution in [0.5, 0.6) is 0 Å². The number of amides is 1. The van der Waals surface area contributed by atoms with Crippen molar-refractivity contribution in [1.82, 2.24) is 14.9 Å². The number of hydrogen-bond acceptors (Lipinski definition) is 4. The van der Waals surface area contributed by atoms with Crippen LogP contribution >= 0.6 is 0 Å². The number of aliphatic hydroxyl groups is 1. The molecular formula is C25H26N4O2. The highest BCUT2D eigenvalue weighted by atomic mass is 16.3. The van der Waals surface area contributed by atoms with Crippen LogP contribution in [0, 0.1) is 0 Å². The molecule has 0 saturated carbocycles. The number of aryl methyl sites for hydroxylation is 1. The van der Waals surface area contributed by atoms with Crippen LogP contribution in [0.4, 0.5) is 0 Å². The van der Waals surface area contributed by atoms with E-state index in [9.17, 15) is 9.90 Å². The molecule has 0 atom stereocenters. The quantitative estimate of drug-likeness (QED) is 0.433. The summed E-state index contributed by atoms with van der Waals surface area (Å²) >= 11 is 0. The predicted molar refractivity (Wildman–Crippen MR) is 122 cm³/mol. The fraction of sp³-hybridized carbons (Fsp3) is 0.200. The Hall–Kier alpha value is -3.48. The highest BCUT2D eigenvalue weighted by Gasteiger charge is 2.38. The number of nitrogens with one attached hydrogen (secondary N) is 1. The molecule has 6 heteroatoms. The predicted octanol–water partition coefficient (Wildman–Crippen LogP) is 3.03. The van der Waals surface area contributed by atoms with Gasteiger partial charge in [-0.25, -0.2) is 4.98 Å².